The van der Waals surface area contributed by atoms with Gasteiger partial charge in [0.15, 0.2) is 17.5 Å². The molecule has 3 aliphatic rings. The molecule has 0 radical (unpaired) electrons. The molecule has 3 aromatic rings. The molecule has 8 nitrogen and oxygen atoms in total. The van der Waals surface area contributed by atoms with Crippen LogP contribution in [0.1, 0.15) is 84.4 Å². The van der Waals surface area contributed by atoms with Gasteiger partial charge in [0, 0.05) is 30.7 Å². The first-order chi connectivity index (χ1) is 23.8. The number of aromatic nitrogens is 3. The molecule has 0 aliphatic carbocycles. The van der Waals surface area contributed by atoms with E-state index in [9.17, 15) is 26.3 Å². The van der Waals surface area contributed by atoms with Gasteiger partial charge in [0.1, 0.15) is 28.8 Å². The van der Waals surface area contributed by atoms with Crippen LogP contribution in [-0.2, 0) is 12.6 Å². The van der Waals surface area contributed by atoms with E-state index in [4.69, 9.17) is 22.1 Å². The van der Waals surface area contributed by atoms with Gasteiger partial charge in [-0.3, -0.25) is 4.90 Å². The topological polar surface area (TPSA) is 101 Å². The lowest BCUT2D eigenvalue weighted by atomic mass is 9.98. The number of aryl methyl sites for hydroxylation is 1. The van der Waals surface area contributed by atoms with Crippen molar-refractivity contribution < 1.29 is 35.5 Å². The van der Waals surface area contributed by atoms with E-state index in [1.807, 2.05) is 13.8 Å². The highest BCUT2D eigenvalue weighted by atomic mass is 35.5. The minimum Gasteiger partial charge on any atom is -0.467 e. The number of benzene rings is 1. The smallest absolute Gasteiger partial charge is 0.420 e. The van der Waals surface area contributed by atoms with Crippen LogP contribution in [0.3, 0.4) is 0 Å². The van der Waals surface area contributed by atoms with E-state index in [0.717, 1.165) is 25.9 Å². The van der Waals surface area contributed by atoms with Crippen LogP contribution in [0.4, 0.5) is 42.2 Å². The molecule has 0 saturated carbocycles. The van der Waals surface area contributed by atoms with E-state index in [0.29, 0.717) is 25.6 Å². The highest BCUT2D eigenvalue weighted by Gasteiger charge is 2.43. The number of halogens is 8. The van der Waals surface area contributed by atoms with Gasteiger partial charge in [0.25, 0.3) is 0 Å². The van der Waals surface area contributed by atoms with Crippen molar-refractivity contribution in [1.29, 1.82) is 0 Å². The average Bonchev–Trinajstić information content (AvgIpc) is 3.64. The number of nitrogens with one attached hydrogen (secondary N) is 2. The van der Waals surface area contributed by atoms with Gasteiger partial charge in [-0.05, 0) is 45.2 Å². The number of rotatable bonds is 7. The fourth-order valence-electron chi connectivity index (χ4n) is 5.96. The minimum atomic E-state index is -5.45. The quantitative estimate of drug-likeness (QED) is 0.126. The Bertz CT molecular complexity index is 1580. The van der Waals surface area contributed by atoms with Crippen LogP contribution in [-0.4, -0.2) is 71.4 Å². The Hall–Kier alpha value is -3.17. The van der Waals surface area contributed by atoms with Crippen molar-refractivity contribution in [3.63, 3.8) is 0 Å². The Balaban J connectivity index is 0.000000402. The average molecular weight is 738 g/mol. The molecule has 16 heteroatoms. The fourth-order valence-corrected chi connectivity index (χ4v) is 6.23. The van der Waals surface area contributed by atoms with Crippen molar-refractivity contribution in [2.24, 2.45) is 0 Å². The zero-order valence-electron chi connectivity index (χ0n) is 29.3. The SMILES string of the molecule is CC.CCC.CCCc1nc(-c2c(Cl)c(N)c(F)c(F)c2C(F)(F)F)c(F)c2nc(OC)nc(NCC3CCN3)c12.FC1CC2CCCN2C1. The van der Waals surface area contributed by atoms with Gasteiger partial charge >= 0.3 is 12.2 Å². The summed E-state index contributed by atoms with van der Waals surface area (Å²) in [6, 6.07) is 0.489. The van der Waals surface area contributed by atoms with Gasteiger partial charge in [-0.15, -0.1) is 0 Å². The number of alkyl halides is 4. The Kier molecular flexibility index (Phi) is 15.1. The molecular formula is C34H47ClF7N7O. The first-order valence-corrected chi connectivity index (χ1v) is 17.5. The normalized spacial score (nSPS) is 19.7. The molecule has 0 spiro atoms. The van der Waals surface area contributed by atoms with Crippen LogP contribution >= 0.6 is 11.6 Å². The molecule has 3 atom stereocenters. The van der Waals surface area contributed by atoms with Crippen molar-refractivity contribution in [2.45, 2.75) is 104 Å². The van der Waals surface area contributed by atoms with E-state index >= 15 is 4.39 Å². The standard InChI is InChI=1S/C22H21ClF6N6O.C7H12FN.C3H8.C2H6/c1-3-4-9-10-18(34-21(36-2)35-20(10)32-7-8-5-6-31-8)16(26)19(33-9)11-12(22(27,28)29)14(24)15(25)17(30)13(11)23;8-6-4-7-2-1-3-9(7)5-6;1-3-2;1-2/h8,31H,3-7,30H2,1-2H3,(H,32,34,35);6-7H,1-5H2;3H2,1-2H3;1-2H3. The summed E-state index contributed by atoms with van der Waals surface area (Å²) >= 11 is 5.95. The molecule has 0 bridgehead atoms. The highest BCUT2D eigenvalue weighted by molar-refractivity contribution is 6.36. The van der Waals surface area contributed by atoms with E-state index in [1.165, 1.54) is 26.4 Å². The third-order valence-electron chi connectivity index (χ3n) is 8.29. The predicted octanol–water partition coefficient (Wildman–Crippen LogP) is 8.73. The number of methoxy groups -OCH3 is 1. The zero-order valence-corrected chi connectivity index (χ0v) is 30.1. The van der Waals surface area contributed by atoms with Crippen molar-refractivity contribution in [3.8, 4) is 17.3 Å². The maximum atomic E-state index is 15.9. The minimum absolute atomic E-state index is 0.124. The van der Waals surface area contributed by atoms with Crippen LogP contribution in [0.25, 0.3) is 22.2 Å². The summed E-state index contributed by atoms with van der Waals surface area (Å²) in [7, 11) is 1.24. The molecule has 0 amide bonds. The van der Waals surface area contributed by atoms with Crippen LogP contribution in [0.2, 0.25) is 5.02 Å². The number of ether oxygens (including phenoxy) is 1. The number of pyridine rings is 1. The summed E-state index contributed by atoms with van der Waals surface area (Å²) in [5.74, 6) is -5.49. The molecular weight excluding hydrogens is 691 g/mol. The summed E-state index contributed by atoms with van der Waals surface area (Å²) < 4.78 is 104. The Morgan fingerprint density at radius 3 is 2.24 bits per heavy atom. The third-order valence-corrected chi connectivity index (χ3v) is 8.68. The lowest BCUT2D eigenvalue weighted by molar-refractivity contribution is -0.139. The van der Waals surface area contributed by atoms with E-state index < -0.39 is 62.8 Å². The zero-order chi connectivity index (χ0) is 37.3. The summed E-state index contributed by atoms with van der Waals surface area (Å²) in [4.78, 5) is 14.6. The van der Waals surface area contributed by atoms with Crippen LogP contribution in [0.5, 0.6) is 6.01 Å². The molecule has 4 N–H and O–H groups in total. The second kappa shape index (κ2) is 18.4. The van der Waals surface area contributed by atoms with Gasteiger partial charge in [-0.2, -0.15) is 23.1 Å². The highest BCUT2D eigenvalue weighted by Crippen LogP contribution is 2.47. The largest absolute Gasteiger partial charge is 0.467 e. The maximum Gasteiger partial charge on any atom is 0.420 e. The Morgan fingerprint density at radius 1 is 1.04 bits per heavy atom. The molecule has 3 aliphatic heterocycles. The molecule has 5 heterocycles. The molecule has 1 aromatic carbocycles. The number of nitrogen functional groups attached to an aromatic ring is 1. The van der Waals surface area contributed by atoms with Crippen molar-refractivity contribution in [3.05, 3.63) is 33.7 Å². The summed E-state index contributed by atoms with van der Waals surface area (Å²) in [5.41, 5.74) is -0.292. The third kappa shape index (κ3) is 9.19. The molecule has 3 unspecified atom stereocenters. The van der Waals surface area contributed by atoms with Crippen molar-refractivity contribution in [2.75, 3.05) is 44.3 Å². The number of nitrogens with two attached hydrogens (primary N) is 1. The van der Waals surface area contributed by atoms with Crippen molar-refractivity contribution in [1.82, 2.24) is 25.2 Å². The predicted molar refractivity (Wildman–Crippen MR) is 184 cm³/mol. The molecule has 3 fully saturated rings. The summed E-state index contributed by atoms with van der Waals surface area (Å²) in [6.45, 7) is 13.2. The molecule has 3 saturated heterocycles. The Labute approximate surface area is 293 Å². The fraction of sp³-hybridized carbons (Fsp3) is 0.618. The van der Waals surface area contributed by atoms with Crippen molar-refractivity contribution >= 4 is 34.0 Å². The second-order valence-corrected chi connectivity index (χ2v) is 12.4. The van der Waals surface area contributed by atoms with Gasteiger partial charge in [0.05, 0.1) is 28.9 Å². The number of nitrogens with zero attached hydrogens (tertiary/aromatic N) is 4. The van der Waals surface area contributed by atoms with Gasteiger partial charge < -0.3 is 21.1 Å². The summed E-state index contributed by atoms with van der Waals surface area (Å²) in [5, 5.41) is 5.38. The second-order valence-electron chi connectivity index (χ2n) is 12.0. The monoisotopic (exact) mass is 737 g/mol. The molecule has 6 rings (SSSR count). The van der Waals surface area contributed by atoms with E-state index in [2.05, 4.69) is 44.3 Å². The first-order valence-electron chi connectivity index (χ1n) is 17.1. The molecule has 280 valence electrons. The maximum absolute atomic E-state index is 15.9. The van der Waals surface area contributed by atoms with Crippen LogP contribution in [0, 0.1) is 17.5 Å². The summed E-state index contributed by atoms with van der Waals surface area (Å²) in [6.07, 6.45) is 0.156. The van der Waals surface area contributed by atoms with Gasteiger partial charge in [-0.25, -0.2) is 22.5 Å². The Morgan fingerprint density at radius 2 is 1.70 bits per heavy atom. The van der Waals surface area contributed by atoms with E-state index in [1.54, 1.807) is 6.92 Å². The number of hydrogen-bond acceptors (Lipinski definition) is 8. The molecule has 2 aromatic heterocycles. The van der Waals surface area contributed by atoms with Crippen LogP contribution in [0.15, 0.2) is 0 Å². The van der Waals surface area contributed by atoms with Gasteiger partial charge in [-0.1, -0.05) is 59.1 Å². The number of fused-ring (bicyclic) bond motifs is 2. The van der Waals surface area contributed by atoms with Crippen LogP contribution < -0.4 is 21.1 Å². The van der Waals surface area contributed by atoms with E-state index in [-0.39, 0.29) is 35.4 Å². The lowest BCUT2D eigenvalue weighted by Gasteiger charge is -2.28. The number of anilines is 2. The molecule has 50 heavy (non-hydrogen) atoms. The number of hydrogen-bond donors (Lipinski definition) is 3. The lowest BCUT2D eigenvalue weighted by Crippen LogP contribution is -2.47. The first kappa shape index (κ1) is 41.3. The van der Waals surface area contributed by atoms with Gasteiger partial charge in [0.2, 0.25) is 0 Å².